The maximum Gasteiger partial charge on any atom is 0.311 e. The number of hydrogen-bond donors (Lipinski definition) is 1. The van der Waals surface area contributed by atoms with Crippen LogP contribution in [-0.4, -0.2) is 69.6 Å². The van der Waals surface area contributed by atoms with Crippen LogP contribution >= 0.6 is 11.8 Å². The van der Waals surface area contributed by atoms with Crippen LogP contribution in [0.5, 0.6) is 0 Å². The lowest BCUT2D eigenvalue weighted by molar-refractivity contribution is -0.153. The third kappa shape index (κ3) is 4.00. The molecule has 4 rings (SSSR count). The number of aliphatic hydroxyl groups excluding tert-OH is 1. The molecule has 0 radical (unpaired) electrons. The fourth-order valence-corrected chi connectivity index (χ4v) is 8.22. The van der Waals surface area contributed by atoms with Gasteiger partial charge in [-0.2, -0.15) is 0 Å². The Bertz CT molecular complexity index is 1060. The zero-order valence-electron chi connectivity index (χ0n) is 20.6. The minimum Gasteiger partial charge on any atom is -0.461 e. The number of likely N-dealkylation sites (tertiary alicyclic amines) is 1. The normalized spacial score (nSPS) is 29.6. The molecule has 3 aliphatic heterocycles. The number of esters is 1. The van der Waals surface area contributed by atoms with Gasteiger partial charge in [-0.25, -0.2) is 0 Å². The fraction of sp³-hybridized carbons (Fsp3) is 0.519. The molecule has 2 bridgehead atoms. The summed E-state index contributed by atoms with van der Waals surface area (Å²) in [6.45, 7) is 13.2. The van der Waals surface area contributed by atoms with Gasteiger partial charge in [0.2, 0.25) is 5.91 Å². The molecule has 0 saturated carbocycles. The highest BCUT2D eigenvalue weighted by Gasteiger charge is 2.74. The largest absolute Gasteiger partial charge is 0.461 e. The van der Waals surface area contributed by atoms with Gasteiger partial charge in [0, 0.05) is 17.5 Å². The zero-order chi connectivity index (χ0) is 25.5. The molecule has 0 aromatic heterocycles. The summed E-state index contributed by atoms with van der Waals surface area (Å²) in [4.78, 5) is 44.6. The average Bonchev–Trinajstić information content (AvgIpc) is 3.49. The number of fused-ring (bicyclic) bond motifs is 1. The van der Waals surface area contributed by atoms with Crippen molar-refractivity contribution in [2.75, 3.05) is 24.7 Å². The Morgan fingerprint density at radius 2 is 2.09 bits per heavy atom. The molecule has 6 atom stereocenters. The van der Waals surface area contributed by atoms with Gasteiger partial charge in [0.1, 0.15) is 12.6 Å². The highest BCUT2D eigenvalue weighted by molar-refractivity contribution is 8.02. The van der Waals surface area contributed by atoms with Gasteiger partial charge in [0.15, 0.2) is 0 Å². The Hall–Kier alpha value is -2.58. The number of aryl methyl sites for hydroxylation is 2. The number of amides is 2. The molecule has 188 valence electrons. The van der Waals surface area contributed by atoms with Crippen LogP contribution in [0.25, 0.3) is 0 Å². The number of nitrogens with zero attached hydrogens (tertiary/aromatic N) is 2. The van der Waals surface area contributed by atoms with Crippen molar-refractivity contribution in [3.05, 3.63) is 54.6 Å². The number of carbonyl (C=O) groups is 3. The maximum absolute atomic E-state index is 14.4. The van der Waals surface area contributed by atoms with Crippen LogP contribution in [0.4, 0.5) is 5.69 Å². The van der Waals surface area contributed by atoms with E-state index in [0.717, 1.165) is 23.2 Å². The molecule has 1 aromatic rings. The molecule has 2 amide bonds. The topological polar surface area (TPSA) is 87.1 Å². The summed E-state index contributed by atoms with van der Waals surface area (Å²) in [5, 5.41) is 9.96. The van der Waals surface area contributed by atoms with E-state index in [1.165, 1.54) is 11.0 Å². The molecule has 8 heteroatoms. The fourth-order valence-electron chi connectivity index (χ4n) is 6.03. The van der Waals surface area contributed by atoms with E-state index in [9.17, 15) is 19.5 Å². The average molecular weight is 499 g/mol. The first-order valence-electron chi connectivity index (χ1n) is 12.1. The number of hydrogen-bond acceptors (Lipinski definition) is 6. The number of rotatable bonds is 9. The highest BCUT2D eigenvalue weighted by Crippen LogP contribution is 2.67. The van der Waals surface area contributed by atoms with Crippen molar-refractivity contribution in [3.8, 4) is 0 Å². The van der Waals surface area contributed by atoms with E-state index in [1.54, 1.807) is 29.7 Å². The quantitative estimate of drug-likeness (QED) is 0.416. The molecule has 3 fully saturated rings. The van der Waals surface area contributed by atoms with E-state index in [0.29, 0.717) is 6.42 Å². The van der Waals surface area contributed by atoms with Gasteiger partial charge < -0.3 is 19.6 Å². The summed E-state index contributed by atoms with van der Waals surface area (Å²) in [7, 11) is 0. The summed E-state index contributed by atoms with van der Waals surface area (Å²) in [6, 6.07) is 4.58. The predicted octanol–water partition coefficient (Wildman–Crippen LogP) is 3.02. The van der Waals surface area contributed by atoms with Crippen molar-refractivity contribution < 1.29 is 24.2 Å². The highest BCUT2D eigenvalue weighted by atomic mass is 32.2. The lowest BCUT2D eigenvalue weighted by Gasteiger charge is -2.39. The molecule has 1 N–H and O–H groups in total. The van der Waals surface area contributed by atoms with Crippen molar-refractivity contribution in [3.63, 3.8) is 0 Å². The minimum atomic E-state index is -0.797. The van der Waals surface area contributed by atoms with Crippen LogP contribution in [0, 0.1) is 25.7 Å². The second-order valence-corrected chi connectivity index (χ2v) is 11.4. The maximum atomic E-state index is 14.4. The Morgan fingerprint density at radius 1 is 1.34 bits per heavy atom. The van der Waals surface area contributed by atoms with Gasteiger partial charge in [0.05, 0.1) is 29.2 Å². The Balaban J connectivity index is 1.80. The monoisotopic (exact) mass is 498 g/mol. The standard InChI is InChI=1S/C27H34N2O5S/c1-6-12-28(19-14-16(3)8-9-17(19)4)25(32)23-27-11-10-20(35-27)21(26(33)34-13-7-2)22(27)24(31)29(23)18(5)15-30/h6-9,14,18,20-23,30H,1-2,10-13,15H2,3-5H3/t18-,20-,21+,22+,23?,27?/m1/s1. The predicted molar refractivity (Wildman–Crippen MR) is 137 cm³/mol. The number of anilines is 1. The van der Waals surface area contributed by atoms with Crippen LogP contribution in [0.3, 0.4) is 0 Å². The van der Waals surface area contributed by atoms with Gasteiger partial charge in [-0.1, -0.05) is 30.9 Å². The van der Waals surface area contributed by atoms with Crippen molar-refractivity contribution in [2.45, 2.75) is 55.7 Å². The molecule has 35 heavy (non-hydrogen) atoms. The molecular formula is C27H34N2O5S. The van der Waals surface area contributed by atoms with Crippen LogP contribution in [0.2, 0.25) is 0 Å². The summed E-state index contributed by atoms with van der Waals surface area (Å²) >= 11 is 1.59. The van der Waals surface area contributed by atoms with Gasteiger partial charge >= 0.3 is 5.97 Å². The number of thioether (sulfide) groups is 1. The third-order valence-electron chi connectivity index (χ3n) is 7.56. The first-order valence-corrected chi connectivity index (χ1v) is 13.0. The van der Waals surface area contributed by atoms with Gasteiger partial charge in [-0.3, -0.25) is 14.4 Å². The molecule has 3 heterocycles. The number of aliphatic hydroxyl groups is 1. The van der Waals surface area contributed by atoms with E-state index in [1.807, 2.05) is 32.0 Å². The van der Waals surface area contributed by atoms with Crippen LogP contribution in [0.1, 0.15) is 30.9 Å². The molecular weight excluding hydrogens is 464 g/mol. The smallest absolute Gasteiger partial charge is 0.311 e. The lowest BCUT2D eigenvalue weighted by atomic mass is 9.71. The summed E-state index contributed by atoms with van der Waals surface area (Å²) in [6.07, 6.45) is 4.58. The molecule has 1 spiro atoms. The molecule has 2 unspecified atom stereocenters. The van der Waals surface area contributed by atoms with Gasteiger partial charge in [-0.05, 0) is 50.8 Å². The van der Waals surface area contributed by atoms with Crippen molar-refractivity contribution in [1.29, 1.82) is 0 Å². The first-order chi connectivity index (χ1) is 16.7. The van der Waals surface area contributed by atoms with Crippen LogP contribution in [-0.2, 0) is 19.1 Å². The van der Waals surface area contributed by atoms with Gasteiger partial charge in [0.25, 0.3) is 5.91 Å². The number of carbonyl (C=O) groups excluding carboxylic acids is 3. The Kier molecular flexibility index (Phi) is 7.16. The summed E-state index contributed by atoms with van der Waals surface area (Å²) < 4.78 is 4.65. The number of benzene rings is 1. The van der Waals surface area contributed by atoms with E-state index < -0.39 is 34.6 Å². The molecule has 3 saturated heterocycles. The van der Waals surface area contributed by atoms with Crippen molar-refractivity contribution in [1.82, 2.24) is 4.90 Å². The first kappa shape index (κ1) is 25.5. The lowest BCUT2D eigenvalue weighted by Crippen LogP contribution is -2.57. The second-order valence-electron chi connectivity index (χ2n) is 9.78. The van der Waals surface area contributed by atoms with E-state index in [-0.39, 0.29) is 36.8 Å². The van der Waals surface area contributed by atoms with Crippen LogP contribution in [0.15, 0.2) is 43.5 Å². The van der Waals surface area contributed by atoms with E-state index >= 15 is 0 Å². The summed E-state index contributed by atoms with van der Waals surface area (Å²) in [5.41, 5.74) is 2.74. The van der Waals surface area contributed by atoms with E-state index in [2.05, 4.69) is 13.2 Å². The van der Waals surface area contributed by atoms with Crippen molar-refractivity contribution in [2.24, 2.45) is 11.8 Å². The zero-order valence-corrected chi connectivity index (χ0v) is 21.4. The van der Waals surface area contributed by atoms with E-state index in [4.69, 9.17) is 4.74 Å². The number of ether oxygens (including phenoxy) is 1. The summed E-state index contributed by atoms with van der Waals surface area (Å²) in [5.74, 6) is -2.14. The molecule has 0 aliphatic carbocycles. The molecule has 3 aliphatic rings. The van der Waals surface area contributed by atoms with Crippen LogP contribution < -0.4 is 4.90 Å². The SMILES string of the molecule is C=CCOC(=O)[C@@H]1[C@H]2C(=O)N([C@H](C)CO)C(C(=O)N(CC=C)c3cc(C)ccc3C)C23CC[C@H]1S3. The third-order valence-corrected chi connectivity index (χ3v) is 9.51. The molecule has 7 nitrogen and oxygen atoms in total. The molecule has 1 aromatic carbocycles. The Morgan fingerprint density at radius 3 is 2.74 bits per heavy atom. The Labute approximate surface area is 211 Å². The van der Waals surface area contributed by atoms with Gasteiger partial charge in [-0.15, -0.1) is 18.3 Å². The minimum absolute atomic E-state index is 0.0725. The van der Waals surface area contributed by atoms with Crippen molar-refractivity contribution >= 4 is 35.2 Å². The second kappa shape index (κ2) is 9.82.